The number of amides is 1. The molecule has 0 spiro atoms. The number of carbonyl (C=O) groups excluding carboxylic acids is 1. The molecule has 2 aromatic heterocycles. The highest BCUT2D eigenvalue weighted by atomic mass is 32.2. The van der Waals surface area contributed by atoms with E-state index in [1.54, 1.807) is 30.6 Å². The largest absolute Gasteiger partial charge is 0.468 e. The van der Waals surface area contributed by atoms with Gasteiger partial charge in [0.05, 0.1) is 35.1 Å². The molecular weight excluding hydrogens is 404 g/mol. The van der Waals surface area contributed by atoms with Crippen LogP contribution in [0.4, 0.5) is 5.69 Å². The van der Waals surface area contributed by atoms with E-state index in [0.717, 1.165) is 11.0 Å². The zero-order valence-corrected chi connectivity index (χ0v) is 16.8. The molecule has 4 aromatic rings. The fourth-order valence-electron chi connectivity index (χ4n) is 3.04. The number of aryl methyl sites for hydroxylation is 1. The highest BCUT2D eigenvalue weighted by molar-refractivity contribution is 7.89. The molecule has 4 rings (SSSR count). The van der Waals surface area contributed by atoms with Gasteiger partial charge in [0, 0.05) is 18.7 Å². The number of nitrogens with one attached hydrogen (secondary N) is 2. The second-order valence-electron chi connectivity index (χ2n) is 6.66. The number of sulfonamides is 1. The van der Waals surface area contributed by atoms with Gasteiger partial charge in [-0.2, -0.15) is 0 Å². The van der Waals surface area contributed by atoms with E-state index in [0.29, 0.717) is 18.0 Å². The van der Waals surface area contributed by atoms with Gasteiger partial charge < -0.3 is 14.3 Å². The van der Waals surface area contributed by atoms with Crippen molar-refractivity contribution in [3.05, 3.63) is 79.0 Å². The molecule has 0 aliphatic carbocycles. The van der Waals surface area contributed by atoms with E-state index >= 15 is 0 Å². The molecule has 9 heteroatoms. The number of fused-ring (bicyclic) bond motifs is 1. The van der Waals surface area contributed by atoms with Crippen molar-refractivity contribution in [2.45, 2.75) is 24.4 Å². The molecule has 2 aromatic carbocycles. The number of para-hydroxylation sites is 2. The van der Waals surface area contributed by atoms with Gasteiger partial charge in [-0.25, -0.2) is 18.1 Å². The van der Waals surface area contributed by atoms with E-state index in [-0.39, 0.29) is 23.8 Å². The first-order valence-corrected chi connectivity index (χ1v) is 10.8. The molecule has 0 saturated carbocycles. The average Bonchev–Trinajstić information content (AvgIpc) is 3.41. The van der Waals surface area contributed by atoms with Gasteiger partial charge in [0.2, 0.25) is 15.9 Å². The van der Waals surface area contributed by atoms with Crippen molar-refractivity contribution in [3.8, 4) is 0 Å². The molecule has 2 heterocycles. The lowest BCUT2D eigenvalue weighted by Gasteiger charge is -2.09. The number of carbonyl (C=O) groups is 1. The summed E-state index contributed by atoms with van der Waals surface area (Å²) in [5, 5.41) is 2.75. The van der Waals surface area contributed by atoms with Crippen molar-refractivity contribution in [3.63, 3.8) is 0 Å². The zero-order chi connectivity index (χ0) is 21.0. The summed E-state index contributed by atoms with van der Waals surface area (Å²) < 4.78 is 34.5. The molecule has 30 heavy (non-hydrogen) atoms. The molecule has 1 amide bonds. The van der Waals surface area contributed by atoms with Crippen LogP contribution in [0.5, 0.6) is 0 Å². The fraction of sp³-hybridized carbons (Fsp3) is 0.143. The first-order valence-electron chi connectivity index (χ1n) is 9.33. The Balaban J connectivity index is 1.38. The molecule has 0 unspecified atom stereocenters. The number of furan rings is 1. The Hall–Kier alpha value is -3.43. The topological polar surface area (TPSA) is 106 Å². The Morgan fingerprint density at radius 2 is 1.93 bits per heavy atom. The number of benzene rings is 2. The van der Waals surface area contributed by atoms with Crippen molar-refractivity contribution in [2.75, 3.05) is 5.32 Å². The van der Waals surface area contributed by atoms with Crippen LogP contribution in [0.15, 0.2) is 82.6 Å². The molecule has 0 aliphatic rings. The molecule has 0 radical (unpaired) electrons. The number of rotatable bonds is 8. The predicted molar refractivity (Wildman–Crippen MR) is 112 cm³/mol. The highest BCUT2D eigenvalue weighted by Gasteiger charge is 2.15. The van der Waals surface area contributed by atoms with Crippen molar-refractivity contribution < 1.29 is 17.6 Å². The molecule has 0 bridgehead atoms. The standard InChI is InChI=1S/C21H20N4O4S/c26-21(10-11-25-15-22-19-8-1-2-9-20(19)25)24-16-5-3-7-18(13-16)30(27,28)23-14-17-6-4-12-29-17/h1-9,12-13,15,23H,10-11,14H2,(H,24,26). The predicted octanol–water partition coefficient (Wildman–Crippen LogP) is 3.14. The molecule has 0 atom stereocenters. The van der Waals surface area contributed by atoms with Gasteiger partial charge in [-0.05, 0) is 42.5 Å². The Morgan fingerprint density at radius 1 is 1.07 bits per heavy atom. The first-order chi connectivity index (χ1) is 14.5. The minimum atomic E-state index is -3.74. The van der Waals surface area contributed by atoms with Crippen LogP contribution in [0.25, 0.3) is 11.0 Å². The molecular formula is C21H20N4O4S. The monoisotopic (exact) mass is 424 g/mol. The lowest BCUT2D eigenvalue weighted by molar-refractivity contribution is -0.116. The summed E-state index contributed by atoms with van der Waals surface area (Å²) in [7, 11) is -3.74. The molecule has 8 nitrogen and oxygen atoms in total. The number of hydrogen-bond donors (Lipinski definition) is 2. The van der Waals surface area contributed by atoms with Gasteiger partial charge in [-0.15, -0.1) is 0 Å². The Bertz CT molecular complexity index is 1260. The van der Waals surface area contributed by atoms with Crippen LogP contribution in [0, 0.1) is 0 Å². The van der Waals surface area contributed by atoms with Gasteiger partial charge in [0.1, 0.15) is 5.76 Å². The van der Waals surface area contributed by atoms with Crippen LogP contribution in [0.2, 0.25) is 0 Å². The van der Waals surface area contributed by atoms with E-state index in [1.807, 2.05) is 28.8 Å². The SMILES string of the molecule is O=C(CCn1cnc2ccccc21)Nc1cccc(S(=O)(=O)NCc2ccco2)c1. The summed E-state index contributed by atoms with van der Waals surface area (Å²) in [4.78, 5) is 16.7. The van der Waals surface area contributed by atoms with Crippen molar-refractivity contribution in [2.24, 2.45) is 0 Å². The molecule has 154 valence electrons. The van der Waals surface area contributed by atoms with Gasteiger partial charge in [-0.1, -0.05) is 18.2 Å². The maximum Gasteiger partial charge on any atom is 0.241 e. The maximum atomic E-state index is 12.5. The van der Waals surface area contributed by atoms with Crippen molar-refractivity contribution in [1.82, 2.24) is 14.3 Å². The Morgan fingerprint density at radius 3 is 2.77 bits per heavy atom. The minimum absolute atomic E-state index is 0.0464. The lowest BCUT2D eigenvalue weighted by Crippen LogP contribution is -2.23. The third-order valence-corrected chi connectivity index (χ3v) is 5.95. The normalized spacial score (nSPS) is 11.6. The summed E-state index contributed by atoms with van der Waals surface area (Å²) in [5.41, 5.74) is 2.25. The molecule has 2 N–H and O–H groups in total. The van der Waals surface area contributed by atoms with Crippen molar-refractivity contribution >= 4 is 32.7 Å². The summed E-state index contributed by atoms with van der Waals surface area (Å²) in [6.45, 7) is 0.514. The molecule has 0 saturated heterocycles. The number of anilines is 1. The second-order valence-corrected chi connectivity index (χ2v) is 8.42. The van der Waals surface area contributed by atoms with Gasteiger partial charge >= 0.3 is 0 Å². The van der Waals surface area contributed by atoms with Crippen LogP contribution >= 0.6 is 0 Å². The molecule has 0 fully saturated rings. The Kier molecular flexibility index (Phi) is 5.64. The van der Waals surface area contributed by atoms with Gasteiger partial charge in [-0.3, -0.25) is 4.79 Å². The van der Waals surface area contributed by atoms with Crippen LogP contribution < -0.4 is 10.0 Å². The van der Waals surface area contributed by atoms with E-state index in [9.17, 15) is 13.2 Å². The zero-order valence-electron chi connectivity index (χ0n) is 16.0. The minimum Gasteiger partial charge on any atom is -0.468 e. The average molecular weight is 424 g/mol. The van der Waals surface area contributed by atoms with E-state index in [4.69, 9.17) is 4.42 Å². The summed E-state index contributed by atoms with van der Waals surface area (Å²) >= 11 is 0. The third-order valence-electron chi connectivity index (χ3n) is 4.55. The fourth-order valence-corrected chi connectivity index (χ4v) is 4.08. The maximum absolute atomic E-state index is 12.5. The van der Waals surface area contributed by atoms with Gasteiger partial charge in [0.25, 0.3) is 0 Å². The summed E-state index contributed by atoms with van der Waals surface area (Å²) in [5.74, 6) is 0.293. The van der Waals surface area contributed by atoms with E-state index in [1.165, 1.54) is 18.4 Å². The van der Waals surface area contributed by atoms with Crippen LogP contribution in [0.1, 0.15) is 12.2 Å². The summed E-state index contributed by atoms with van der Waals surface area (Å²) in [6, 6.07) is 17.2. The van der Waals surface area contributed by atoms with Gasteiger partial charge in [0.15, 0.2) is 0 Å². The van der Waals surface area contributed by atoms with Crippen LogP contribution in [-0.2, 0) is 27.9 Å². The lowest BCUT2D eigenvalue weighted by atomic mass is 10.3. The van der Waals surface area contributed by atoms with E-state index < -0.39 is 10.0 Å². The number of imidazole rings is 1. The quantitative estimate of drug-likeness (QED) is 0.452. The smallest absolute Gasteiger partial charge is 0.241 e. The Labute approximate surface area is 173 Å². The summed E-state index contributed by atoms with van der Waals surface area (Å²) in [6.07, 6.45) is 3.41. The van der Waals surface area contributed by atoms with E-state index in [2.05, 4.69) is 15.0 Å². The number of hydrogen-bond acceptors (Lipinski definition) is 5. The van der Waals surface area contributed by atoms with Crippen LogP contribution in [0.3, 0.4) is 0 Å². The number of aromatic nitrogens is 2. The highest BCUT2D eigenvalue weighted by Crippen LogP contribution is 2.17. The molecule has 0 aliphatic heterocycles. The number of nitrogens with zero attached hydrogens (tertiary/aromatic N) is 2. The first kappa shape index (κ1) is 19.9. The third kappa shape index (κ3) is 4.58. The van der Waals surface area contributed by atoms with Crippen LogP contribution in [-0.4, -0.2) is 23.9 Å². The second kappa shape index (κ2) is 8.52. The van der Waals surface area contributed by atoms with Crippen molar-refractivity contribution in [1.29, 1.82) is 0 Å².